The van der Waals surface area contributed by atoms with Crippen molar-refractivity contribution in [1.29, 1.82) is 5.26 Å². The Morgan fingerprint density at radius 1 is 1.10 bits per heavy atom. The predicted octanol–water partition coefficient (Wildman–Crippen LogP) is 4.78. The third-order valence-electron chi connectivity index (χ3n) is 5.03. The molecule has 3 aromatic rings. The molecule has 1 atom stereocenters. The van der Waals surface area contributed by atoms with Crippen molar-refractivity contribution in [3.8, 4) is 23.4 Å². The van der Waals surface area contributed by atoms with E-state index in [4.69, 9.17) is 9.47 Å². The van der Waals surface area contributed by atoms with Crippen molar-refractivity contribution in [1.82, 2.24) is 4.57 Å². The topological polar surface area (TPSA) is 109 Å². The van der Waals surface area contributed by atoms with Gasteiger partial charge < -0.3 is 14.6 Å². The summed E-state index contributed by atoms with van der Waals surface area (Å²) in [6.07, 6.45) is 0. The zero-order valence-corrected chi connectivity index (χ0v) is 17.7. The van der Waals surface area contributed by atoms with Gasteiger partial charge in [-0.2, -0.15) is 5.26 Å². The lowest BCUT2D eigenvalue weighted by Gasteiger charge is -2.19. The third kappa shape index (κ3) is 4.12. The second kappa shape index (κ2) is 9.13. The van der Waals surface area contributed by atoms with Crippen molar-refractivity contribution in [2.75, 3.05) is 14.2 Å². The maximum absolute atomic E-state index is 13.3. The van der Waals surface area contributed by atoms with E-state index in [0.29, 0.717) is 17.2 Å². The summed E-state index contributed by atoms with van der Waals surface area (Å²) in [7, 11) is 3.03. The maximum Gasteiger partial charge on any atom is 0.282 e. The highest BCUT2D eigenvalue weighted by atomic mass is 16.5. The Kier molecular flexibility index (Phi) is 6.36. The van der Waals surface area contributed by atoms with Crippen LogP contribution in [-0.2, 0) is 0 Å². The predicted molar refractivity (Wildman–Crippen MR) is 116 cm³/mol. The van der Waals surface area contributed by atoms with Crippen LogP contribution in [0.2, 0.25) is 0 Å². The molecule has 31 heavy (non-hydrogen) atoms. The molecule has 3 rings (SSSR count). The number of pyridine rings is 1. The number of azo groups is 1. The fraction of sp³-hybridized carbons (Fsp3) is 0.217. The van der Waals surface area contributed by atoms with Gasteiger partial charge in [0.25, 0.3) is 5.56 Å². The van der Waals surface area contributed by atoms with Gasteiger partial charge in [-0.15, -0.1) is 10.2 Å². The first-order chi connectivity index (χ1) is 14.9. The number of rotatable bonds is 6. The fourth-order valence-electron chi connectivity index (χ4n) is 3.24. The Balaban J connectivity index is 2.17. The summed E-state index contributed by atoms with van der Waals surface area (Å²) in [6, 6.07) is 15.6. The molecule has 0 saturated heterocycles. The van der Waals surface area contributed by atoms with E-state index in [2.05, 4.69) is 10.2 Å². The van der Waals surface area contributed by atoms with Gasteiger partial charge in [-0.05, 0) is 31.5 Å². The van der Waals surface area contributed by atoms with Gasteiger partial charge >= 0.3 is 0 Å². The van der Waals surface area contributed by atoms with Gasteiger partial charge in [-0.25, -0.2) is 0 Å². The van der Waals surface area contributed by atoms with Crippen molar-refractivity contribution < 1.29 is 14.6 Å². The second-order valence-corrected chi connectivity index (χ2v) is 6.78. The first-order valence-corrected chi connectivity index (χ1v) is 9.49. The summed E-state index contributed by atoms with van der Waals surface area (Å²) in [5.74, 6) is 0.600. The number of benzene rings is 2. The molecule has 8 heteroatoms. The van der Waals surface area contributed by atoms with Gasteiger partial charge in [0.1, 0.15) is 28.8 Å². The number of hydrogen-bond donors (Lipinski definition) is 1. The van der Waals surface area contributed by atoms with E-state index < -0.39 is 17.5 Å². The van der Waals surface area contributed by atoms with Crippen LogP contribution in [0.15, 0.2) is 63.6 Å². The Bertz CT molecular complexity index is 1230. The number of aromatic nitrogens is 1. The molecular weight excluding hydrogens is 396 g/mol. The Morgan fingerprint density at radius 3 is 2.42 bits per heavy atom. The van der Waals surface area contributed by atoms with E-state index in [-0.39, 0.29) is 16.8 Å². The largest absolute Gasteiger partial charge is 0.497 e. The summed E-state index contributed by atoms with van der Waals surface area (Å²) >= 11 is 0. The molecule has 1 unspecified atom stereocenters. The van der Waals surface area contributed by atoms with Crippen LogP contribution in [0.3, 0.4) is 0 Å². The van der Waals surface area contributed by atoms with Crippen LogP contribution in [-0.4, -0.2) is 23.9 Å². The van der Waals surface area contributed by atoms with Crippen molar-refractivity contribution in [2.45, 2.75) is 19.9 Å². The number of ether oxygens (including phenoxy) is 2. The SMILES string of the molecule is COc1ccc(N=Nc2c(C)c(C#N)c(O)n(C(C)c3ccccc3)c2=O)c(OC)c1. The molecule has 8 nitrogen and oxygen atoms in total. The van der Waals surface area contributed by atoms with E-state index in [0.717, 1.165) is 10.1 Å². The second-order valence-electron chi connectivity index (χ2n) is 6.78. The van der Waals surface area contributed by atoms with Gasteiger partial charge in [0.05, 0.1) is 20.3 Å². The Hall–Kier alpha value is -4.12. The molecule has 0 amide bonds. The van der Waals surface area contributed by atoms with Gasteiger partial charge in [0, 0.05) is 11.6 Å². The van der Waals surface area contributed by atoms with Crippen LogP contribution in [0.4, 0.5) is 11.4 Å². The number of nitrogens with zero attached hydrogens (tertiary/aromatic N) is 4. The van der Waals surface area contributed by atoms with Crippen LogP contribution in [0.25, 0.3) is 0 Å². The van der Waals surface area contributed by atoms with Crippen LogP contribution < -0.4 is 15.0 Å². The first-order valence-electron chi connectivity index (χ1n) is 9.49. The monoisotopic (exact) mass is 418 g/mol. The summed E-state index contributed by atoms with van der Waals surface area (Å²) in [5.41, 5.74) is 0.816. The van der Waals surface area contributed by atoms with E-state index in [1.54, 1.807) is 32.0 Å². The fourth-order valence-corrected chi connectivity index (χ4v) is 3.24. The number of aromatic hydroxyl groups is 1. The van der Waals surface area contributed by atoms with E-state index in [1.807, 2.05) is 36.4 Å². The number of methoxy groups -OCH3 is 2. The van der Waals surface area contributed by atoms with Crippen LogP contribution in [0.5, 0.6) is 17.4 Å². The van der Waals surface area contributed by atoms with Gasteiger partial charge in [0.15, 0.2) is 5.69 Å². The molecule has 0 fully saturated rings. The molecule has 2 aromatic carbocycles. The lowest BCUT2D eigenvalue weighted by atomic mass is 10.1. The first kappa shape index (κ1) is 21.6. The van der Waals surface area contributed by atoms with E-state index in [1.165, 1.54) is 14.2 Å². The molecule has 158 valence electrons. The molecule has 0 radical (unpaired) electrons. The van der Waals surface area contributed by atoms with Gasteiger partial charge in [-0.1, -0.05) is 30.3 Å². The average molecular weight is 418 g/mol. The summed E-state index contributed by atoms with van der Waals surface area (Å²) in [5, 5.41) is 28.5. The minimum Gasteiger partial charge on any atom is -0.497 e. The van der Waals surface area contributed by atoms with Crippen LogP contribution in [0, 0.1) is 18.3 Å². The molecule has 0 aliphatic heterocycles. The van der Waals surface area contributed by atoms with Crippen molar-refractivity contribution in [3.05, 3.63) is 75.6 Å². The minimum atomic E-state index is -0.554. The summed E-state index contributed by atoms with van der Waals surface area (Å²) in [6.45, 7) is 3.32. The molecule has 0 aliphatic rings. The summed E-state index contributed by atoms with van der Waals surface area (Å²) in [4.78, 5) is 13.3. The highest BCUT2D eigenvalue weighted by Gasteiger charge is 2.23. The van der Waals surface area contributed by atoms with Crippen LogP contribution in [0.1, 0.15) is 29.7 Å². The molecule has 0 aliphatic carbocycles. The zero-order valence-electron chi connectivity index (χ0n) is 17.7. The molecule has 0 spiro atoms. The average Bonchev–Trinajstić information content (AvgIpc) is 2.79. The van der Waals surface area contributed by atoms with Crippen LogP contribution >= 0.6 is 0 Å². The number of nitriles is 1. The highest BCUT2D eigenvalue weighted by molar-refractivity contribution is 5.58. The maximum atomic E-state index is 13.3. The van der Waals surface area contributed by atoms with E-state index in [9.17, 15) is 15.2 Å². The van der Waals surface area contributed by atoms with Crippen molar-refractivity contribution in [3.63, 3.8) is 0 Å². The van der Waals surface area contributed by atoms with Gasteiger partial charge in [0.2, 0.25) is 5.88 Å². The van der Waals surface area contributed by atoms with Gasteiger partial charge in [-0.3, -0.25) is 9.36 Å². The zero-order chi connectivity index (χ0) is 22.5. The van der Waals surface area contributed by atoms with E-state index >= 15 is 0 Å². The molecule has 0 saturated carbocycles. The minimum absolute atomic E-state index is 0.0296. The summed E-state index contributed by atoms with van der Waals surface area (Å²) < 4.78 is 11.6. The third-order valence-corrected chi connectivity index (χ3v) is 5.03. The molecule has 1 N–H and O–H groups in total. The standard InChI is InChI=1S/C23H22N4O4/c1-14-18(13-24)22(28)27(15(2)16-8-6-5-7-9-16)23(29)21(14)26-25-19-11-10-17(30-3)12-20(19)31-4/h5-12,15,28H,1-4H3. The molecule has 1 aromatic heterocycles. The lowest BCUT2D eigenvalue weighted by molar-refractivity contribution is 0.393. The number of hydrogen-bond acceptors (Lipinski definition) is 7. The van der Waals surface area contributed by atoms with Crippen molar-refractivity contribution in [2.24, 2.45) is 10.2 Å². The molecular formula is C23H22N4O4. The quantitative estimate of drug-likeness (QED) is 0.580. The Labute approximate surface area is 179 Å². The Morgan fingerprint density at radius 2 is 1.81 bits per heavy atom. The van der Waals surface area contributed by atoms with Crippen molar-refractivity contribution >= 4 is 11.4 Å². The normalized spacial score (nSPS) is 11.8. The molecule has 1 heterocycles. The smallest absolute Gasteiger partial charge is 0.282 e. The molecule has 0 bridgehead atoms. The lowest BCUT2D eigenvalue weighted by Crippen LogP contribution is -2.25. The highest BCUT2D eigenvalue weighted by Crippen LogP contribution is 2.34.